The van der Waals surface area contributed by atoms with Crippen LogP contribution < -0.4 is 0 Å². The van der Waals surface area contributed by atoms with Crippen molar-refractivity contribution in [3.8, 4) is 66.8 Å². The van der Waals surface area contributed by atoms with Gasteiger partial charge >= 0.3 is 0 Å². The zero-order chi connectivity index (χ0) is 33.6. The molecule has 0 nitrogen and oxygen atoms in total. The second-order valence-corrected chi connectivity index (χ2v) is 15.4. The van der Waals surface area contributed by atoms with Gasteiger partial charge in [0.05, 0.1) is 0 Å². The van der Waals surface area contributed by atoms with Crippen LogP contribution in [0.25, 0.3) is 105 Å². The summed E-state index contributed by atoms with van der Waals surface area (Å²) in [6, 6.07) is 51.0. The minimum absolute atomic E-state index is 0.0247. The topological polar surface area (TPSA) is 0 Å². The standard InChI is InChI=1S/C51H34/c1-51(2)45-20-8-7-13-33(45)34-23-21-30(28-46(34)51)29-22-24-42-44(27-29)39-18-10-19-43-48(36-14-5-6-15-38(36)49(42)50(39)43)41-26-25-40-32-12-4-3-11-31(32)35-16-9-17-37(41)47(35)40/h3-6,8-12,14-28H,7,13H2,1-2H3. The predicted molar refractivity (Wildman–Crippen MR) is 217 cm³/mol. The van der Waals surface area contributed by atoms with Crippen molar-refractivity contribution in [2.45, 2.75) is 32.1 Å². The largest absolute Gasteiger partial charge is 0.0839 e. The molecule has 0 aliphatic heterocycles. The van der Waals surface area contributed by atoms with Crippen LogP contribution in [-0.2, 0) is 5.41 Å². The predicted octanol–water partition coefficient (Wildman–Crippen LogP) is 14.2. The molecule has 238 valence electrons. The van der Waals surface area contributed by atoms with Gasteiger partial charge in [0.25, 0.3) is 0 Å². The smallest absolute Gasteiger partial charge is 0.0155 e. The lowest BCUT2D eigenvalue weighted by Crippen LogP contribution is -2.16. The van der Waals surface area contributed by atoms with Crippen molar-refractivity contribution >= 4 is 37.9 Å². The van der Waals surface area contributed by atoms with Crippen LogP contribution in [0.4, 0.5) is 0 Å². The van der Waals surface area contributed by atoms with Crippen molar-refractivity contribution in [2.24, 2.45) is 0 Å². The molecule has 0 heterocycles. The van der Waals surface area contributed by atoms with Crippen LogP contribution in [0.5, 0.6) is 0 Å². The number of benzene rings is 8. The zero-order valence-corrected chi connectivity index (χ0v) is 28.8. The summed E-state index contributed by atoms with van der Waals surface area (Å²) in [5.41, 5.74) is 22.0. The molecule has 8 aromatic carbocycles. The Hall–Kier alpha value is -5.98. The van der Waals surface area contributed by atoms with Gasteiger partial charge in [-0.15, -0.1) is 0 Å². The average Bonchev–Trinajstić information content (AvgIpc) is 3.77. The third-order valence-corrected chi connectivity index (χ3v) is 12.6. The molecule has 0 unspecified atom stereocenters. The highest BCUT2D eigenvalue weighted by Gasteiger charge is 2.37. The highest BCUT2D eigenvalue weighted by molar-refractivity contribution is 6.31. The summed E-state index contributed by atoms with van der Waals surface area (Å²) >= 11 is 0. The van der Waals surface area contributed by atoms with Crippen molar-refractivity contribution in [3.05, 3.63) is 162 Å². The zero-order valence-electron chi connectivity index (χ0n) is 28.8. The average molecular weight is 647 g/mol. The first kappa shape index (κ1) is 27.8. The van der Waals surface area contributed by atoms with E-state index in [2.05, 4.69) is 159 Å². The number of hydrogen-bond acceptors (Lipinski definition) is 0. The quantitative estimate of drug-likeness (QED) is 0.164. The minimum atomic E-state index is 0.0247. The van der Waals surface area contributed by atoms with Gasteiger partial charge in [-0.1, -0.05) is 147 Å². The van der Waals surface area contributed by atoms with Crippen molar-refractivity contribution in [2.75, 3.05) is 0 Å². The van der Waals surface area contributed by atoms with Gasteiger partial charge in [-0.25, -0.2) is 0 Å². The van der Waals surface area contributed by atoms with E-state index in [0.29, 0.717) is 0 Å². The van der Waals surface area contributed by atoms with Crippen LogP contribution in [0.1, 0.15) is 37.8 Å². The molecule has 0 atom stereocenters. The molecule has 4 aliphatic rings. The van der Waals surface area contributed by atoms with Gasteiger partial charge in [-0.05, 0) is 146 Å². The van der Waals surface area contributed by atoms with Crippen LogP contribution in [0.3, 0.4) is 0 Å². The fraction of sp³-hybridized carbons (Fsp3) is 0.0980. The Morgan fingerprint density at radius 2 is 1.02 bits per heavy atom. The molecule has 0 saturated heterocycles. The molecule has 0 heteroatoms. The highest BCUT2D eigenvalue weighted by atomic mass is 14.4. The Labute approximate surface area is 298 Å². The van der Waals surface area contributed by atoms with Crippen LogP contribution >= 0.6 is 0 Å². The third-order valence-electron chi connectivity index (χ3n) is 12.6. The summed E-state index contributed by atoms with van der Waals surface area (Å²) in [4.78, 5) is 0. The molecule has 0 saturated carbocycles. The second kappa shape index (κ2) is 9.62. The number of hydrogen-bond donors (Lipinski definition) is 0. The lowest BCUT2D eigenvalue weighted by Gasteiger charge is -2.24. The normalized spacial score (nSPS) is 15.5. The van der Waals surface area contributed by atoms with Crippen LogP contribution in [0.15, 0.2) is 151 Å². The Balaban J connectivity index is 1.08. The van der Waals surface area contributed by atoms with Crippen molar-refractivity contribution in [1.29, 1.82) is 0 Å². The first-order chi connectivity index (χ1) is 25.1. The lowest BCUT2D eigenvalue weighted by atomic mass is 9.79. The van der Waals surface area contributed by atoms with Crippen LogP contribution in [0.2, 0.25) is 0 Å². The van der Waals surface area contributed by atoms with Gasteiger partial charge in [-0.3, -0.25) is 0 Å². The molecule has 12 rings (SSSR count). The minimum Gasteiger partial charge on any atom is -0.0839 e. The molecule has 4 aliphatic carbocycles. The molecule has 0 fully saturated rings. The molecular formula is C51H34. The fourth-order valence-electron chi connectivity index (χ4n) is 10.4. The summed E-state index contributed by atoms with van der Waals surface area (Å²) in [5.74, 6) is 0. The molecule has 8 aromatic rings. The van der Waals surface area contributed by atoms with E-state index in [0.717, 1.165) is 12.8 Å². The Bertz CT molecular complexity index is 2950. The number of fused-ring (bicyclic) bond motifs is 10. The van der Waals surface area contributed by atoms with E-state index in [1.165, 1.54) is 116 Å². The SMILES string of the molecule is CC1(C)C2=C(CCC=C2)c2ccc(-c3ccc4c(c3)-c3cccc5c(-c6ccc7c8c(cccc68)-c6ccccc6-7)c6ccccc6c-4c35)cc21. The Morgan fingerprint density at radius 3 is 1.82 bits per heavy atom. The molecule has 0 N–H and O–H groups in total. The van der Waals surface area contributed by atoms with Gasteiger partial charge in [0.2, 0.25) is 0 Å². The van der Waals surface area contributed by atoms with E-state index in [-0.39, 0.29) is 5.41 Å². The van der Waals surface area contributed by atoms with Gasteiger partial charge in [0.15, 0.2) is 0 Å². The van der Waals surface area contributed by atoms with Gasteiger partial charge in [0.1, 0.15) is 0 Å². The van der Waals surface area contributed by atoms with Crippen molar-refractivity contribution in [1.82, 2.24) is 0 Å². The number of allylic oxidation sites excluding steroid dienone is 4. The van der Waals surface area contributed by atoms with E-state index < -0.39 is 0 Å². The summed E-state index contributed by atoms with van der Waals surface area (Å²) < 4.78 is 0. The Kier molecular flexibility index (Phi) is 5.24. The highest BCUT2D eigenvalue weighted by Crippen LogP contribution is 2.57. The van der Waals surface area contributed by atoms with E-state index in [1.807, 2.05) is 0 Å². The van der Waals surface area contributed by atoms with Crippen LogP contribution in [0, 0.1) is 0 Å². The van der Waals surface area contributed by atoms with E-state index in [9.17, 15) is 0 Å². The maximum absolute atomic E-state index is 2.48. The lowest BCUT2D eigenvalue weighted by molar-refractivity contribution is 0.651. The summed E-state index contributed by atoms with van der Waals surface area (Å²) in [7, 11) is 0. The van der Waals surface area contributed by atoms with Gasteiger partial charge in [-0.2, -0.15) is 0 Å². The maximum Gasteiger partial charge on any atom is 0.0155 e. The molecule has 0 spiro atoms. The molecular weight excluding hydrogens is 613 g/mol. The summed E-state index contributed by atoms with van der Waals surface area (Å²) in [6.07, 6.45) is 7.02. The number of rotatable bonds is 2. The molecule has 0 amide bonds. The molecule has 0 radical (unpaired) electrons. The van der Waals surface area contributed by atoms with E-state index in [4.69, 9.17) is 0 Å². The maximum atomic E-state index is 2.48. The van der Waals surface area contributed by atoms with Crippen molar-refractivity contribution < 1.29 is 0 Å². The van der Waals surface area contributed by atoms with Gasteiger partial charge in [0, 0.05) is 5.41 Å². The monoisotopic (exact) mass is 646 g/mol. The first-order valence-electron chi connectivity index (χ1n) is 18.4. The molecule has 0 aromatic heterocycles. The second-order valence-electron chi connectivity index (χ2n) is 15.4. The summed E-state index contributed by atoms with van der Waals surface area (Å²) in [6.45, 7) is 4.80. The fourth-order valence-corrected chi connectivity index (χ4v) is 10.4. The Morgan fingerprint density at radius 1 is 0.431 bits per heavy atom. The first-order valence-corrected chi connectivity index (χ1v) is 18.4. The van der Waals surface area contributed by atoms with Gasteiger partial charge < -0.3 is 0 Å². The van der Waals surface area contributed by atoms with Crippen molar-refractivity contribution in [3.63, 3.8) is 0 Å². The van der Waals surface area contributed by atoms with Crippen LogP contribution in [-0.4, -0.2) is 0 Å². The summed E-state index contributed by atoms with van der Waals surface area (Å²) in [5, 5.41) is 8.06. The van der Waals surface area contributed by atoms with E-state index in [1.54, 1.807) is 5.57 Å². The molecule has 51 heavy (non-hydrogen) atoms. The van der Waals surface area contributed by atoms with E-state index >= 15 is 0 Å². The molecule has 0 bridgehead atoms. The third kappa shape index (κ3) is 3.45.